The van der Waals surface area contributed by atoms with Crippen LogP contribution in [0, 0.1) is 0 Å². The summed E-state index contributed by atoms with van der Waals surface area (Å²) in [6, 6.07) is 20.1. The van der Waals surface area contributed by atoms with Crippen LogP contribution >= 0.6 is 15.9 Å². The normalized spacial score (nSPS) is 14.9. The minimum atomic E-state index is -3.61. The Morgan fingerprint density at radius 1 is 1.05 bits per heavy atom. The van der Waals surface area contributed by atoms with Gasteiger partial charge in [-0.15, -0.1) is 0 Å². The van der Waals surface area contributed by atoms with E-state index in [1.54, 1.807) is 28.6 Å². The van der Waals surface area contributed by atoms with Crippen molar-refractivity contribution in [3.8, 4) is 5.75 Å². The number of carbonyl (C=O) groups excluding carboxylic acids is 1. The van der Waals surface area contributed by atoms with Crippen molar-refractivity contribution in [2.24, 2.45) is 0 Å². The van der Waals surface area contributed by atoms with E-state index in [2.05, 4.69) is 26.4 Å². The van der Waals surface area contributed by atoms with Gasteiger partial charge in [0.15, 0.2) is 0 Å². The number of piperidine rings is 1. The fraction of sp³-hybridized carbons (Fsp3) is 0.333. The summed E-state index contributed by atoms with van der Waals surface area (Å²) >= 11 is 3.44. The number of nitrogens with zero attached hydrogens (tertiary/aromatic N) is 3. The molecule has 0 bridgehead atoms. The van der Waals surface area contributed by atoms with E-state index in [0.29, 0.717) is 41.9 Å². The van der Waals surface area contributed by atoms with E-state index < -0.39 is 10.0 Å². The molecule has 0 atom stereocenters. The fourth-order valence-electron chi connectivity index (χ4n) is 5.09. The Balaban J connectivity index is 1.26. The largest absolute Gasteiger partial charge is 0.491 e. The van der Waals surface area contributed by atoms with E-state index in [4.69, 9.17) is 9.57 Å². The first-order valence-electron chi connectivity index (χ1n) is 13.6. The van der Waals surface area contributed by atoms with Crippen LogP contribution in [0.2, 0.25) is 0 Å². The molecule has 1 N–H and O–H groups in total. The highest BCUT2D eigenvalue weighted by atomic mass is 79.9. The Morgan fingerprint density at radius 2 is 1.76 bits per heavy atom. The van der Waals surface area contributed by atoms with Gasteiger partial charge in [-0.1, -0.05) is 30.3 Å². The number of benzene rings is 2. The predicted molar refractivity (Wildman–Crippen MR) is 160 cm³/mol. The number of aromatic nitrogens is 2. The molecule has 1 fully saturated rings. The summed E-state index contributed by atoms with van der Waals surface area (Å²) in [4.78, 5) is 23.0. The van der Waals surface area contributed by atoms with Crippen LogP contribution in [0.3, 0.4) is 0 Å². The van der Waals surface area contributed by atoms with Crippen LogP contribution in [-0.4, -0.2) is 47.4 Å². The molecule has 1 aliphatic rings. The second kappa shape index (κ2) is 12.7. The van der Waals surface area contributed by atoms with Crippen LogP contribution in [0.4, 0.5) is 0 Å². The predicted octanol–water partition coefficient (Wildman–Crippen LogP) is 5.40. The standard InChI is InChI=1S/C30H33BrN4O5S/c1-21(2)40-24-8-10-25(11-9-24)41(37,38)35-16-14-23(15-17-35)27-18-34(30-26(27)12-13-28(31)32-30)19-29(36)33-39-20-22-6-4-3-5-7-22/h3-13,18,21,23H,14-17,19-20H2,1-2H3,(H,33,36). The lowest BCUT2D eigenvalue weighted by molar-refractivity contribution is -0.135. The number of fused-ring (bicyclic) bond motifs is 1. The van der Waals surface area contributed by atoms with Gasteiger partial charge in [-0.25, -0.2) is 18.9 Å². The quantitative estimate of drug-likeness (QED) is 0.184. The lowest BCUT2D eigenvalue weighted by atomic mass is 9.90. The van der Waals surface area contributed by atoms with Crippen LogP contribution in [0.5, 0.6) is 5.75 Å². The number of nitrogens with one attached hydrogen (secondary N) is 1. The number of hydroxylamine groups is 1. The molecule has 0 saturated carbocycles. The van der Waals surface area contributed by atoms with Gasteiger partial charge in [0, 0.05) is 24.7 Å². The summed E-state index contributed by atoms with van der Waals surface area (Å²) in [6.07, 6.45) is 3.30. The highest BCUT2D eigenvalue weighted by Crippen LogP contribution is 2.36. The van der Waals surface area contributed by atoms with Crippen LogP contribution in [0.25, 0.3) is 11.0 Å². The van der Waals surface area contributed by atoms with E-state index in [0.717, 1.165) is 16.5 Å². The average molecular weight is 642 g/mol. The maximum absolute atomic E-state index is 13.3. The molecule has 11 heteroatoms. The van der Waals surface area contributed by atoms with E-state index >= 15 is 0 Å². The smallest absolute Gasteiger partial charge is 0.263 e. The van der Waals surface area contributed by atoms with Crippen molar-refractivity contribution in [3.63, 3.8) is 0 Å². The third kappa shape index (κ3) is 6.98. The first-order chi connectivity index (χ1) is 19.7. The highest BCUT2D eigenvalue weighted by Gasteiger charge is 2.31. The third-order valence-electron chi connectivity index (χ3n) is 7.03. The number of sulfonamides is 1. The molecule has 1 aliphatic heterocycles. The Morgan fingerprint density at radius 3 is 2.44 bits per heavy atom. The Hall–Kier alpha value is -3.25. The Bertz CT molecular complexity index is 1600. The number of amides is 1. The van der Waals surface area contributed by atoms with Gasteiger partial charge >= 0.3 is 0 Å². The Kier molecular flexibility index (Phi) is 9.08. The number of hydrogen-bond donors (Lipinski definition) is 1. The second-order valence-corrected chi connectivity index (χ2v) is 13.1. The SMILES string of the molecule is CC(C)Oc1ccc(S(=O)(=O)N2CCC(c3cn(CC(=O)NOCc4ccccc4)c4nc(Br)ccc34)CC2)cc1. The zero-order chi connectivity index (χ0) is 29.0. The minimum Gasteiger partial charge on any atom is -0.491 e. The van der Waals surface area contributed by atoms with Gasteiger partial charge in [0.05, 0.1) is 17.6 Å². The zero-order valence-corrected chi connectivity index (χ0v) is 25.4. The lowest BCUT2D eigenvalue weighted by Crippen LogP contribution is -2.37. The summed E-state index contributed by atoms with van der Waals surface area (Å²) in [5, 5.41) is 0.952. The van der Waals surface area contributed by atoms with Crippen LogP contribution in [0.1, 0.15) is 43.7 Å². The molecule has 0 aliphatic carbocycles. The maximum atomic E-state index is 13.3. The number of halogens is 1. The summed E-state index contributed by atoms with van der Waals surface area (Å²) in [5.74, 6) is 0.481. The minimum absolute atomic E-state index is 0.0149. The maximum Gasteiger partial charge on any atom is 0.263 e. The number of carbonyl (C=O) groups is 1. The molecule has 216 valence electrons. The summed E-state index contributed by atoms with van der Waals surface area (Å²) < 4.78 is 36.3. The number of rotatable bonds is 10. The van der Waals surface area contributed by atoms with Gasteiger partial charge in [-0.05, 0) is 96.1 Å². The molecule has 4 aromatic rings. The lowest BCUT2D eigenvalue weighted by Gasteiger charge is -2.31. The molecule has 41 heavy (non-hydrogen) atoms. The number of ether oxygens (including phenoxy) is 1. The first-order valence-corrected chi connectivity index (χ1v) is 15.8. The van der Waals surface area contributed by atoms with Crippen molar-refractivity contribution in [1.29, 1.82) is 0 Å². The number of pyridine rings is 1. The first kappa shape index (κ1) is 29.2. The monoisotopic (exact) mass is 640 g/mol. The van der Waals surface area contributed by atoms with Gasteiger partial charge in [0.25, 0.3) is 5.91 Å². The van der Waals surface area contributed by atoms with E-state index in [9.17, 15) is 13.2 Å². The molecule has 9 nitrogen and oxygen atoms in total. The van der Waals surface area contributed by atoms with E-state index in [1.165, 1.54) is 0 Å². The van der Waals surface area contributed by atoms with Crippen LogP contribution < -0.4 is 10.2 Å². The van der Waals surface area contributed by atoms with E-state index in [1.807, 2.05) is 67.1 Å². The molecule has 3 heterocycles. The molecular formula is C30H33BrN4O5S. The van der Waals surface area contributed by atoms with Crippen molar-refractivity contribution < 1.29 is 22.8 Å². The third-order valence-corrected chi connectivity index (χ3v) is 9.38. The average Bonchev–Trinajstić information content (AvgIpc) is 3.30. The number of hydrogen-bond acceptors (Lipinski definition) is 6. The molecule has 0 unspecified atom stereocenters. The molecule has 2 aromatic carbocycles. The van der Waals surface area contributed by atoms with Crippen molar-refractivity contribution in [3.05, 3.63) is 88.7 Å². The van der Waals surface area contributed by atoms with Crippen molar-refractivity contribution in [2.75, 3.05) is 13.1 Å². The molecule has 0 radical (unpaired) electrons. The van der Waals surface area contributed by atoms with Gasteiger partial charge in [-0.3, -0.25) is 9.63 Å². The molecule has 1 saturated heterocycles. The second-order valence-electron chi connectivity index (χ2n) is 10.3. The van der Waals surface area contributed by atoms with Crippen molar-refractivity contribution in [1.82, 2.24) is 19.3 Å². The van der Waals surface area contributed by atoms with Gasteiger partial charge in [0.1, 0.15) is 22.5 Å². The van der Waals surface area contributed by atoms with Gasteiger partial charge < -0.3 is 9.30 Å². The molecule has 2 aromatic heterocycles. The van der Waals surface area contributed by atoms with Crippen LogP contribution in [-0.2, 0) is 32.8 Å². The van der Waals surface area contributed by atoms with Crippen LogP contribution in [0.15, 0.2) is 82.4 Å². The topological polar surface area (TPSA) is 103 Å². The fourth-order valence-corrected chi connectivity index (χ4v) is 6.86. The van der Waals surface area contributed by atoms with E-state index in [-0.39, 0.29) is 36.0 Å². The zero-order valence-electron chi connectivity index (χ0n) is 23.0. The molecule has 5 rings (SSSR count). The Labute approximate surface area is 248 Å². The highest BCUT2D eigenvalue weighted by molar-refractivity contribution is 9.10. The van der Waals surface area contributed by atoms with Gasteiger partial charge in [-0.2, -0.15) is 4.31 Å². The summed E-state index contributed by atoms with van der Waals surface area (Å²) in [5.41, 5.74) is 5.22. The summed E-state index contributed by atoms with van der Waals surface area (Å²) in [6.45, 7) is 4.97. The van der Waals surface area contributed by atoms with Crippen molar-refractivity contribution in [2.45, 2.75) is 56.8 Å². The summed E-state index contributed by atoms with van der Waals surface area (Å²) in [7, 11) is -3.61. The van der Waals surface area contributed by atoms with Gasteiger partial charge in [0.2, 0.25) is 10.0 Å². The molecule has 1 amide bonds. The van der Waals surface area contributed by atoms with Crippen molar-refractivity contribution >= 4 is 42.9 Å². The molecule has 0 spiro atoms. The molecular weight excluding hydrogens is 608 g/mol.